The minimum atomic E-state index is -0.0156. The van der Waals surface area contributed by atoms with Crippen LogP contribution in [0.5, 0.6) is 0 Å². The van der Waals surface area contributed by atoms with Crippen molar-refractivity contribution in [3.8, 4) is 0 Å². The van der Waals surface area contributed by atoms with Gasteiger partial charge in [0.25, 0.3) is 5.91 Å². The smallest absolute Gasteiger partial charge is 0.276 e. The van der Waals surface area contributed by atoms with Crippen molar-refractivity contribution in [3.63, 3.8) is 0 Å². The molecule has 2 saturated carbocycles. The van der Waals surface area contributed by atoms with E-state index in [-0.39, 0.29) is 12.0 Å². The highest BCUT2D eigenvalue weighted by Gasteiger charge is 2.33. The first-order valence-corrected chi connectivity index (χ1v) is 7.67. The van der Waals surface area contributed by atoms with E-state index in [1.54, 1.807) is 0 Å². The highest BCUT2D eigenvalue weighted by atomic mass is 16.5. The summed E-state index contributed by atoms with van der Waals surface area (Å²) in [5.74, 6) is 2.13. The zero-order valence-electron chi connectivity index (χ0n) is 11.6. The molecule has 0 radical (unpaired) electrons. The summed E-state index contributed by atoms with van der Waals surface area (Å²) in [5, 5.41) is 3.92. The maximum atomic E-state index is 12.3. The van der Waals surface area contributed by atoms with Crippen molar-refractivity contribution >= 4 is 5.91 Å². The largest absolute Gasteiger partial charge is 0.376 e. The first-order chi connectivity index (χ1) is 9.79. The number of nitrogens with zero attached hydrogens (tertiary/aromatic N) is 2. The van der Waals surface area contributed by atoms with Crippen LogP contribution in [0.3, 0.4) is 0 Å². The zero-order valence-corrected chi connectivity index (χ0v) is 11.6. The Morgan fingerprint density at radius 3 is 2.95 bits per heavy atom. The van der Waals surface area contributed by atoms with Crippen LogP contribution in [0.15, 0.2) is 10.6 Å². The molecule has 20 heavy (non-hydrogen) atoms. The van der Waals surface area contributed by atoms with Gasteiger partial charge in [-0.05, 0) is 38.0 Å². The molecule has 1 aromatic heterocycles. The summed E-state index contributed by atoms with van der Waals surface area (Å²) in [5.41, 5.74) is 0.453. The summed E-state index contributed by atoms with van der Waals surface area (Å²) < 4.78 is 11.1. The predicted molar refractivity (Wildman–Crippen MR) is 71.5 cm³/mol. The lowest BCUT2D eigenvalue weighted by molar-refractivity contribution is 0.0478. The van der Waals surface area contributed by atoms with Crippen molar-refractivity contribution in [3.05, 3.63) is 17.5 Å². The molecule has 0 N–H and O–H groups in total. The molecule has 0 aromatic carbocycles. The van der Waals surface area contributed by atoms with Gasteiger partial charge in [-0.2, -0.15) is 0 Å². The monoisotopic (exact) mass is 276 g/mol. The minimum absolute atomic E-state index is 0.0156. The van der Waals surface area contributed by atoms with Crippen LogP contribution in [-0.2, 0) is 4.74 Å². The van der Waals surface area contributed by atoms with E-state index in [4.69, 9.17) is 9.26 Å². The molecule has 0 spiro atoms. The molecule has 1 unspecified atom stereocenters. The summed E-state index contributed by atoms with van der Waals surface area (Å²) >= 11 is 0. The molecule has 1 atom stereocenters. The molecule has 108 valence electrons. The summed E-state index contributed by atoms with van der Waals surface area (Å²) in [6, 6.07) is 1.82. The number of ether oxygens (including phenoxy) is 1. The fourth-order valence-electron chi connectivity index (χ4n) is 2.72. The lowest BCUT2D eigenvalue weighted by atomic mass is 10.2. The Bertz CT molecular complexity index is 505. The Morgan fingerprint density at radius 1 is 1.35 bits per heavy atom. The Morgan fingerprint density at radius 2 is 2.20 bits per heavy atom. The average Bonchev–Trinajstić information content (AvgIpc) is 3.39. The van der Waals surface area contributed by atoms with Crippen LogP contribution in [0.4, 0.5) is 0 Å². The molecule has 0 bridgehead atoms. The predicted octanol–water partition coefficient (Wildman–Crippen LogP) is 2.19. The van der Waals surface area contributed by atoms with Gasteiger partial charge in [-0.3, -0.25) is 4.79 Å². The first-order valence-electron chi connectivity index (χ1n) is 7.67. The van der Waals surface area contributed by atoms with E-state index in [9.17, 15) is 4.79 Å². The lowest BCUT2D eigenvalue weighted by Crippen LogP contribution is -2.30. The third-order valence-corrected chi connectivity index (χ3v) is 4.42. The quantitative estimate of drug-likeness (QED) is 0.827. The van der Waals surface area contributed by atoms with E-state index in [0.29, 0.717) is 18.2 Å². The van der Waals surface area contributed by atoms with Gasteiger partial charge in [-0.25, -0.2) is 0 Å². The molecule has 3 fully saturated rings. The van der Waals surface area contributed by atoms with Crippen LogP contribution in [-0.4, -0.2) is 41.8 Å². The molecule has 4 rings (SSSR count). The molecule has 3 aliphatic rings. The normalized spacial score (nSPS) is 26.2. The molecule has 5 heteroatoms. The fourth-order valence-corrected chi connectivity index (χ4v) is 2.72. The van der Waals surface area contributed by atoms with E-state index in [2.05, 4.69) is 5.16 Å². The molecule has 1 saturated heterocycles. The van der Waals surface area contributed by atoms with Crippen LogP contribution < -0.4 is 0 Å². The third-order valence-electron chi connectivity index (χ3n) is 4.42. The van der Waals surface area contributed by atoms with Crippen molar-refractivity contribution in [1.29, 1.82) is 0 Å². The Hall–Kier alpha value is -1.36. The van der Waals surface area contributed by atoms with Crippen LogP contribution in [0.2, 0.25) is 0 Å². The topological polar surface area (TPSA) is 55.6 Å². The standard InChI is InChI=1S/C15H20N2O3/c18-15(13-7-14(20-16-13)11-3-4-11)17-6-5-12(8-17)19-9-10-1-2-10/h7,10-12H,1-6,8-9H2. The van der Waals surface area contributed by atoms with Gasteiger partial charge in [-0.1, -0.05) is 5.16 Å². The van der Waals surface area contributed by atoms with Crippen molar-refractivity contribution in [1.82, 2.24) is 10.1 Å². The molecule has 5 nitrogen and oxygen atoms in total. The van der Waals surface area contributed by atoms with Gasteiger partial charge >= 0.3 is 0 Å². The second-order valence-electron chi connectivity index (χ2n) is 6.33. The number of likely N-dealkylation sites (tertiary alicyclic amines) is 1. The lowest BCUT2D eigenvalue weighted by Gasteiger charge is -2.15. The van der Waals surface area contributed by atoms with Gasteiger partial charge in [0, 0.05) is 31.7 Å². The van der Waals surface area contributed by atoms with Crippen LogP contribution in [0.1, 0.15) is 54.3 Å². The molecule has 2 aliphatic carbocycles. The van der Waals surface area contributed by atoms with E-state index >= 15 is 0 Å². The van der Waals surface area contributed by atoms with Gasteiger partial charge in [-0.15, -0.1) is 0 Å². The Kier molecular flexibility index (Phi) is 3.02. The van der Waals surface area contributed by atoms with Crippen LogP contribution in [0.25, 0.3) is 0 Å². The maximum absolute atomic E-state index is 12.3. The number of amides is 1. The number of hydrogen-bond acceptors (Lipinski definition) is 4. The average molecular weight is 276 g/mol. The maximum Gasteiger partial charge on any atom is 0.276 e. The fraction of sp³-hybridized carbons (Fsp3) is 0.733. The van der Waals surface area contributed by atoms with Crippen LogP contribution >= 0.6 is 0 Å². The first kappa shape index (κ1) is 12.4. The third kappa shape index (κ3) is 2.59. The number of carbonyl (C=O) groups excluding carboxylic acids is 1. The second kappa shape index (κ2) is 4.88. The Balaban J connectivity index is 1.33. The SMILES string of the molecule is O=C(c1cc(C2CC2)on1)N1CCC(OCC2CC2)C1. The summed E-state index contributed by atoms with van der Waals surface area (Å²) in [6.07, 6.45) is 6.06. The summed E-state index contributed by atoms with van der Waals surface area (Å²) in [4.78, 5) is 14.2. The zero-order chi connectivity index (χ0) is 13.5. The molecular weight excluding hydrogens is 256 g/mol. The minimum Gasteiger partial charge on any atom is -0.376 e. The van der Waals surface area contributed by atoms with E-state index in [1.807, 2.05) is 11.0 Å². The number of aromatic nitrogens is 1. The highest BCUT2D eigenvalue weighted by Crippen LogP contribution is 2.40. The number of carbonyl (C=O) groups is 1. The van der Waals surface area contributed by atoms with Gasteiger partial charge < -0.3 is 14.2 Å². The van der Waals surface area contributed by atoms with Crippen molar-refractivity contribution in [2.24, 2.45) is 5.92 Å². The molecule has 1 amide bonds. The van der Waals surface area contributed by atoms with Gasteiger partial charge in [0.15, 0.2) is 5.69 Å². The number of rotatable bonds is 5. The summed E-state index contributed by atoms with van der Waals surface area (Å²) in [7, 11) is 0. The molecule has 1 aliphatic heterocycles. The van der Waals surface area contributed by atoms with Gasteiger partial charge in [0.05, 0.1) is 6.10 Å². The van der Waals surface area contributed by atoms with Gasteiger partial charge in [0.2, 0.25) is 0 Å². The second-order valence-corrected chi connectivity index (χ2v) is 6.33. The highest BCUT2D eigenvalue weighted by molar-refractivity contribution is 5.92. The number of hydrogen-bond donors (Lipinski definition) is 0. The van der Waals surface area contributed by atoms with Crippen molar-refractivity contribution in [2.45, 2.75) is 44.1 Å². The van der Waals surface area contributed by atoms with E-state index in [1.165, 1.54) is 12.8 Å². The van der Waals surface area contributed by atoms with E-state index in [0.717, 1.165) is 44.1 Å². The molecule has 2 heterocycles. The van der Waals surface area contributed by atoms with Crippen LogP contribution in [0, 0.1) is 5.92 Å². The van der Waals surface area contributed by atoms with Crippen molar-refractivity contribution < 1.29 is 14.1 Å². The molecule has 1 aromatic rings. The molecular formula is C15H20N2O3. The van der Waals surface area contributed by atoms with Gasteiger partial charge in [0.1, 0.15) is 5.76 Å². The van der Waals surface area contributed by atoms with E-state index < -0.39 is 0 Å². The Labute approximate surface area is 118 Å². The summed E-state index contributed by atoms with van der Waals surface area (Å²) in [6.45, 7) is 2.32. The van der Waals surface area contributed by atoms with Crippen molar-refractivity contribution in [2.75, 3.05) is 19.7 Å².